The molecule has 8 valence electrons. The summed E-state index contributed by atoms with van der Waals surface area (Å²) in [6.07, 6.45) is 0. The van der Waals surface area contributed by atoms with Crippen LogP contribution < -0.4 is 94.8 Å². The van der Waals surface area contributed by atoms with Crippen molar-refractivity contribution in [1.29, 1.82) is 0 Å². The van der Waals surface area contributed by atoms with Crippen molar-refractivity contribution >= 4 is 0 Å². The van der Waals surface area contributed by atoms with E-state index in [1.165, 1.54) is 0 Å². The minimum Gasteiger partial charge on any atom is -0.369 e. The Balaban J connectivity index is 0. The Bertz CT molecular complexity index is 3.25. The van der Waals surface area contributed by atoms with Gasteiger partial charge in [-0.05, 0) is 0 Å². The van der Waals surface area contributed by atoms with E-state index in [1.54, 1.807) is 0 Å². The molecule has 4 N–H and O–H groups in total. The van der Waals surface area contributed by atoms with Crippen LogP contribution in [0.25, 0.3) is 0 Å². The maximum Gasteiger partial charge on any atom is 1.00 e. The Hall–Kier alpha value is 2.96. The fraction of sp³-hybridized carbons (Fsp3) is 0. The van der Waals surface area contributed by atoms with Gasteiger partial charge in [0.05, 0.1) is 0 Å². The van der Waals surface area contributed by atoms with Crippen molar-refractivity contribution in [3.8, 4) is 0 Å². The fourth-order valence-corrected chi connectivity index (χ4v) is 0. The molecule has 4 heavy (non-hydrogen) atoms. The zero-order chi connectivity index (χ0) is 0. The first-order chi connectivity index (χ1) is 0. The molecule has 0 aliphatic heterocycles. The Morgan fingerprint density at radius 2 is 0.500 bits per heavy atom. The topological polar surface area (TPSA) is 36.5 Å². The third-order valence-electron chi connectivity index (χ3n) is 0. The molecule has 0 aromatic rings. The van der Waals surface area contributed by atoms with Crippen molar-refractivity contribution in [1.82, 2.24) is 6.15 Å². The second-order valence-electron chi connectivity index (χ2n) is 0. The predicted molar refractivity (Wildman–Crippen MR) is 5.98 cm³/mol. The summed E-state index contributed by atoms with van der Waals surface area (Å²) in [5, 5.41) is 0. The van der Waals surface area contributed by atoms with Gasteiger partial charge in [0.25, 0.3) is 0 Å². The molecular formula is H4NNa3+4. The van der Waals surface area contributed by atoms with Crippen LogP contribution >= 0.6 is 0 Å². The van der Waals surface area contributed by atoms with Gasteiger partial charge >= 0.3 is 88.7 Å². The number of quaternary nitrogens is 1. The molecule has 0 bridgehead atoms. The Labute approximate surface area is 92.7 Å². The van der Waals surface area contributed by atoms with Crippen LogP contribution in [0, 0.1) is 0 Å². The van der Waals surface area contributed by atoms with Crippen molar-refractivity contribution < 1.29 is 88.7 Å². The summed E-state index contributed by atoms with van der Waals surface area (Å²) in [6.45, 7) is 0. The summed E-state index contributed by atoms with van der Waals surface area (Å²) >= 11 is 0. The van der Waals surface area contributed by atoms with Crippen LogP contribution in [-0.4, -0.2) is 0 Å². The fourth-order valence-electron chi connectivity index (χ4n) is 0. The summed E-state index contributed by atoms with van der Waals surface area (Å²) < 4.78 is 0. The van der Waals surface area contributed by atoms with E-state index < -0.39 is 0 Å². The molecule has 1 nitrogen and oxygen atoms in total. The van der Waals surface area contributed by atoms with Gasteiger partial charge in [-0.15, -0.1) is 0 Å². The third kappa shape index (κ3) is 8.88. The first kappa shape index (κ1) is 28.2. The van der Waals surface area contributed by atoms with Gasteiger partial charge in [-0.25, -0.2) is 0 Å². The number of rotatable bonds is 0. The first-order valence-corrected chi connectivity index (χ1v) is 0. The van der Waals surface area contributed by atoms with Crippen LogP contribution in [0.15, 0.2) is 0 Å². The summed E-state index contributed by atoms with van der Waals surface area (Å²) in [5.74, 6) is 0. The summed E-state index contributed by atoms with van der Waals surface area (Å²) in [7, 11) is 0. The van der Waals surface area contributed by atoms with Crippen molar-refractivity contribution in [3.63, 3.8) is 0 Å². The average molecular weight is 87.0 g/mol. The van der Waals surface area contributed by atoms with Gasteiger partial charge in [0.1, 0.15) is 0 Å². The van der Waals surface area contributed by atoms with Crippen LogP contribution in [-0.2, 0) is 0 Å². The second-order valence-corrected chi connectivity index (χ2v) is 0. The maximum atomic E-state index is 0. The molecule has 0 aliphatic carbocycles. The zero-order valence-corrected chi connectivity index (χ0v) is 10.0. The van der Waals surface area contributed by atoms with E-state index >= 15 is 0 Å². The Kier molecular flexibility index (Phi) is 118. The molecule has 4 heteroatoms. The Morgan fingerprint density at radius 1 is 0.500 bits per heavy atom. The largest absolute Gasteiger partial charge is 1.00 e. The number of hydrogen-bond donors (Lipinski definition) is 1. The summed E-state index contributed by atoms with van der Waals surface area (Å²) in [5.41, 5.74) is 0. The summed E-state index contributed by atoms with van der Waals surface area (Å²) in [6, 6.07) is 0. The van der Waals surface area contributed by atoms with Crippen LogP contribution in [0.5, 0.6) is 0 Å². The second kappa shape index (κ2) is 16.7. The van der Waals surface area contributed by atoms with E-state index in [0.29, 0.717) is 0 Å². The Morgan fingerprint density at radius 3 is 0.500 bits per heavy atom. The van der Waals surface area contributed by atoms with E-state index in [0.717, 1.165) is 0 Å². The minimum atomic E-state index is 0. The smallest absolute Gasteiger partial charge is 0.369 e. The van der Waals surface area contributed by atoms with E-state index in [4.69, 9.17) is 0 Å². The van der Waals surface area contributed by atoms with E-state index in [1.807, 2.05) is 0 Å². The van der Waals surface area contributed by atoms with Crippen LogP contribution in [0.2, 0.25) is 0 Å². The monoisotopic (exact) mass is 87.0 g/mol. The van der Waals surface area contributed by atoms with Gasteiger partial charge in [-0.1, -0.05) is 0 Å². The van der Waals surface area contributed by atoms with Crippen LogP contribution in [0.4, 0.5) is 0 Å². The molecule has 0 aliphatic rings. The van der Waals surface area contributed by atoms with Gasteiger partial charge in [0.2, 0.25) is 0 Å². The molecule has 0 amide bonds. The third-order valence-corrected chi connectivity index (χ3v) is 0. The molecule has 0 unspecified atom stereocenters. The van der Waals surface area contributed by atoms with Crippen molar-refractivity contribution in [2.24, 2.45) is 0 Å². The van der Waals surface area contributed by atoms with Crippen molar-refractivity contribution in [3.05, 3.63) is 0 Å². The maximum absolute atomic E-state index is 0. The predicted octanol–water partition coefficient (Wildman–Crippen LogP) is -8.61. The standard InChI is InChI=1S/H3N.3Na/h1H3;;;/q;3*+1/p+1. The zero-order valence-electron chi connectivity index (χ0n) is 4.00. The van der Waals surface area contributed by atoms with E-state index in [-0.39, 0.29) is 94.8 Å². The normalized spacial score (nSPS) is 0. The van der Waals surface area contributed by atoms with Crippen LogP contribution in [0.1, 0.15) is 0 Å². The first-order valence-electron chi connectivity index (χ1n) is 0. The van der Waals surface area contributed by atoms with Gasteiger partial charge < -0.3 is 6.15 Å². The quantitative estimate of drug-likeness (QED) is 0.285. The number of hydrogen-bond acceptors (Lipinski definition) is 0. The van der Waals surface area contributed by atoms with Gasteiger partial charge in [-0.2, -0.15) is 0 Å². The van der Waals surface area contributed by atoms with Gasteiger partial charge in [0.15, 0.2) is 0 Å². The molecule has 0 rings (SSSR count). The van der Waals surface area contributed by atoms with Crippen molar-refractivity contribution in [2.75, 3.05) is 0 Å². The average Bonchev–Trinajstić information content (AvgIpc) is 0. The van der Waals surface area contributed by atoms with E-state index in [2.05, 4.69) is 0 Å². The molecule has 0 radical (unpaired) electrons. The molecule has 0 saturated heterocycles. The van der Waals surface area contributed by atoms with Gasteiger partial charge in [0, 0.05) is 0 Å². The molecule has 0 fully saturated rings. The molecule has 0 aromatic heterocycles. The van der Waals surface area contributed by atoms with E-state index in [9.17, 15) is 0 Å². The van der Waals surface area contributed by atoms with Crippen LogP contribution in [0.3, 0.4) is 0 Å². The molecule has 0 saturated carbocycles. The molecule has 0 aromatic carbocycles. The molecule has 0 spiro atoms. The summed E-state index contributed by atoms with van der Waals surface area (Å²) in [4.78, 5) is 0. The SMILES string of the molecule is [NH4+].[Na+].[Na+].[Na+]. The molecular weight excluding hydrogens is 83.0 g/mol. The minimum absolute atomic E-state index is 0. The molecule has 0 heterocycles. The molecule has 0 atom stereocenters. The van der Waals surface area contributed by atoms with Gasteiger partial charge in [-0.3, -0.25) is 0 Å². The van der Waals surface area contributed by atoms with Crippen molar-refractivity contribution in [2.45, 2.75) is 0 Å².